The minimum Gasteiger partial charge on any atom is -0.508 e. The lowest BCUT2D eigenvalue weighted by molar-refractivity contribution is -0.299. The quantitative estimate of drug-likeness (QED) is 0.156. The molecule has 1 aromatic rings. The third-order valence-corrected chi connectivity index (χ3v) is 7.31. The van der Waals surface area contributed by atoms with E-state index in [1.807, 2.05) is 6.08 Å². The molecule has 0 aromatic heterocycles. The Labute approximate surface area is 231 Å². The average Bonchev–Trinajstić information content (AvgIpc) is 3.21. The molecule has 216 valence electrons. The van der Waals surface area contributed by atoms with Gasteiger partial charge in [-0.15, -0.1) is 0 Å². The van der Waals surface area contributed by atoms with Crippen LogP contribution in [0.3, 0.4) is 0 Å². The molecule has 40 heavy (non-hydrogen) atoms. The number of carbonyl (C=O) groups is 3. The summed E-state index contributed by atoms with van der Waals surface area (Å²) < 4.78 is 22.2. The first-order chi connectivity index (χ1) is 19.2. The van der Waals surface area contributed by atoms with Crippen molar-refractivity contribution in [1.29, 1.82) is 0 Å². The molecule has 2 fully saturated rings. The highest BCUT2D eigenvalue weighted by Gasteiger charge is 2.45. The molecular weight excluding hydrogens is 524 g/mol. The Morgan fingerprint density at radius 3 is 2.58 bits per heavy atom. The second-order valence-electron chi connectivity index (χ2n) is 10.2. The monoisotopic (exact) mass is 558 g/mol. The van der Waals surface area contributed by atoms with E-state index >= 15 is 0 Å². The predicted molar refractivity (Wildman–Crippen MR) is 139 cm³/mol. The van der Waals surface area contributed by atoms with E-state index in [2.05, 4.69) is 6.58 Å². The van der Waals surface area contributed by atoms with Gasteiger partial charge < -0.3 is 39.4 Å². The van der Waals surface area contributed by atoms with Crippen molar-refractivity contribution >= 4 is 18.2 Å². The van der Waals surface area contributed by atoms with Crippen molar-refractivity contribution in [1.82, 2.24) is 0 Å². The van der Waals surface area contributed by atoms with Gasteiger partial charge in [-0.1, -0.05) is 24.8 Å². The number of allylic oxidation sites excluding steroid dienone is 2. The number of phenolic OH excluding ortho intramolecular Hbond substituents is 1. The molecular formula is C29H34O11. The number of aliphatic hydroxyl groups is 3. The lowest BCUT2D eigenvalue weighted by Crippen LogP contribution is -2.59. The summed E-state index contributed by atoms with van der Waals surface area (Å²) in [6.07, 6.45) is -1.50. The summed E-state index contributed by atoms with van der Waals surface area (Å²) in [5, 5.41) is 40.6. The summed E-state index contributed by atoms with van der Waals surface area (Å²) in [6, 6.07) is 6.02. The molecule has 2 heterocycles. The zero-order valence-corrected chi connectivity index (χ0v) is 21.9. The van der Waals surface area contributed by atoms with Crippen molar-refractivity contribution in [2.45, 2.75) is 68.9 Å². The van der Waals surface area contributed by atoms with Crippen LogP contribution in [0.5, 0.6) is 5.75 Å². The van der Waals surface area contributed by atoms with E-state index in [4.69, 9.17) is 18.9 Å². The molecule has 0 saturated carbocycles. The van der Waals surface area contributed by atoms with Gasteiger partial charge in [0, 0.05) is 11.5 Å². The van der Waals surface area contributed by atoms with E-state index in [1.54, 1.807) is 18.2 Å². The lowest BCUT2D eigenvalue weighted by Gasteiger charge is -2.40. The Bertz CT molecular complexity index is 1160. The number of carbonyl (C=O) groups excluding carboxylic acids is 3. The number of benzene rings is 1. The number of hydrogen-bond donors (Lipinski definition) is 4. The SMILES string of the molecule is C=C1C(=O)O[C@@H]2/C=C(\CO[C@@H]3O[C@H](COC(=O)Cc4ccc(O)cc4)[C@@H](O)[C@H](O)[C@H]3O)CC/C=C(/C=O)CC[C@@H]12. The van der Waals surface area contributed by atoms with Crippen LogP contribution in [-0.4, -0.2) is 88.7 Å². The first-order valence-electron chi connectivity index (χ1n) is 13.1. The molecule has 11 nitrogen and oxygen atoms in total. The van der Waals surface area contributed by atoms with Crippen molar-refractivity contribution < 1.29 is 53.8 Å². The highest BCUT2D eigenvalue weighted by atomic mass is 16.7. The third-order valence-electron chi connectivity index (χ3n) is 7.31. The fourth-order valence-corrected chi connectivity index (χ4v) is 4.92. The number of phenols is 1. The van der Waals surface area contributed by atoms with Crippen LogP contribution in [0.2, 0.25) is 0 Å². The van der Waals surface area contributed by atoms with Gasteiger partial charge in [-0.3, -0.25) is 9.59 Å². The van der Waals surface area contributed by atoms with Gasteiger partial charge in [0.05, 0.1) is 13.0 Å². The fourth-order valence-electron chi connectivity index (χ4n) is 4.92. The van der Waals surface area contributed by atoms with E-state index in [0.29, 0.717) is 48.0 Å². The number of ether oxygens (including phenoxy) is 4. The number of rotatable bonds is 8. The van der Waals surface area contributed by atoms with Gasteiger partial charge in [-0.2, -0.15) is 0 Å². The van der Waals surface area contributed by atoms with E-state index in [0.717, 1.165) is 6.29 Å². The van der Waals surface area contributed by atoms with E-state index in [-0.39, 0.29) is 24.7 Å². The highest BCUT2D eigenvalue weighted by molar-refractivity contribution is 5.91. The fraction of sp³-hybridized carbons (Fsp3) is 0.483. The van der Waals surface area contributed by atoms with Gasteiger partial charge >= 0.3 is 11.9 Å². The molecule has 1 aromatic carbocycles. The van der Waals surface area contributed by atoms with Crippen LogP contribution in [0.1, 0.15) is 31.2 Å². The van der Waals surface area contributed by atoms with Crippen LogP contribution in [0, 0.1) is 5.92 Å². The van der Waals surface area contributed by atoms with Crippen molar-refractivity contribution in [3.63, 3.8) is 0 Å². The maximum atomic E-state index is 12.3. The van der Waals surface area contributed by atoms with Crippen LogP contribution in [0.4, 0.5) is 0 Å². The number of hydrogen-bond acceptors (Lipinski definition) is 11. The molecule has 11 heteroatoms. The first kappa shape index (κ1) is 29.6. The van der Waals surface area contributed by atoms with Crippen LogP contribution in [0.25, 0.3) is 0 Å². The standard InChI is InChI=1S/C29H34O11/c1-16-21-10-7-18(13-30)3-2-4-19(11-22(21)39-28(16)36)14-38-29-27(35)26(34)25(33)23(40-29)15-37-24(32)12-17-5-8-20(31)9-6-17/h3,5-6,8-9,11,13,21-23,25-27,29,31,33-35H,1-2,4,7,10,12,14-15H2/b18-3+,19-11-/t21-,22+,23+,25+,26-,27+,29+/m0/s1. The van der Waals surface area contributed by atoms with Gasteiger partial charge in [-0.05, 0) is 60.6 Å². The predicted octanol–water partition coefficient (Wildman–Crippen LogP) is 1.03. The van der Waals surface area contributed by atoms with Crippen molar-refractivity contribution in [3.8, 4) is 5.75 Å². The van der Waals surface area contributed by atoms with Gasteiger partial charge in [-0.25, -0.2) is 4.79 Å². The number of aliphatic hydroxyl groups excluding tert-OH is 3. The molecule has 7 atom stereocenters. The topological polar surface area (TPSA) is 169 Å². The zero-order chi connectivity index (χ0) is 28.8. The summed E-state index contributed by atoms with van der Waals surface area (Å²) in [5.74, 6) is -1.34. The molecule has 3 aliphatic rings. The maximum Gasteiger partial charge on any atom is 0.334 e. The Morgan fingerprint density at radius 1 is 1.10 bits per heavy atom. The third kappa shape index (κ3) is 7.23. The molecule has 0 radical (unpaired) electrons. The number of aromatic hydroxyl groups is 1. The summed E-state index contributed by atoms with van der Waals surface area (Å²) in [5.41, 5.74) is 2.30. The summed E-state index contributed by atoms with van der Waals surface area (Å²) in [7, 11) is 0. The van der Waals surface area contributed by atoms with E-state index in [1.165, 1.54) is 12.1 Å². The van der Waals surface area contributed by atoms with Crippen LogP contribution in [0.15, 0.2) is 59.7 Å². The van der Waals surface area contributed by atoms with Gasteiger partial charge in [0.2, 0.25) is 0 Å². The van der Waals surface area contributed by atoms with Crippen LogP contribution >= 0.6 is 0 Å². The second-order valence-corrected chi connectivity index (χ2v) is 10.2. The molecule has 2 saturated heterocycles. The smallest absolute Gasteiger partial charge is 0.334 e. The first-order valence-corrected chi connectivity index (χ1v) is 13.1. The van der Waals surface area contributed by atoms with E-state index in [9.17, 15) is 34.8 Å². The van der Waals surface area contributed by atoms with Crippen molar-refractivity contribution in [2.24, 2.45) is 5.92 Å². The van der Waals surface area contributed by atoms with Gasteiger partial charge in [0.25, 0.3) is 0 Å². The minimum absolute atomic E-state index is 0.0601. The molecule has 0 bridgehead atoms. The largest absolute Gasteiger partial charge is 0.508 e. The number of esters is 2. The molecule has 1 aliphatic carbocycles. The summed E-state index contributed by atoms with van der Waals surface area (Å²) >= 11 is 0. The van der Waals surface area contributed by atoms with Gasteiger partial charge in [0.15, 0.2) is 6.29 Å². The number of fused-ring (bicyclic) bond motifs is 1. The van der Waals surface area contributed by atoms with Crippen molar-refractivity contribution in [3.05, 3.63) is 65.3 Å². The Morgan fingerprint density at radius 2 is 1.85 bits per heavy atom. The van der Waals surface area contributed by atoms with Crippen LogP contribution in [-0.2, 0) is 39.8 Å². The Hall–Kier alpha value is -3.35. The van der Waals surface area contributed by atoms with E-state index < -0.39 is 55.4 Å². The van der Waals surface area contributed by atoms with Gasteiger partial charge in [0.1, 0.15) is 49.2 Å². The number of aldehydes is 1. The zero-order valence-electron chi connectivity index (χ0n) is 21.9. The highest BCUT2D eigenvalue weighted by Crippen LogP contribution is 2.34. The molecule has 0 spiro atoms. The van der Waals surface area contributed by atoms with Crippen LogP contribution < -0.4 is 0 Å². The Kier molecular flexibility index (Phi) is 9.88. The lowest BCUT2D eigenvalue weighted by atomic mass is 9.88. The Balaban J connectivity index is 1.38. The molecule has 0 amide bonds. The summed E-state index contributed by atoms with van der Waals surface area (Å²) in [6.45, 7) is 3.38. The minimum atomic E-state index is -1.63. The molecule has 4 rings (SSSR count). The van der Waals surface area contributed by atoms with Crippen molar-refractivity contribution in [2.75, 3.05) is 13.2 Å². The molecule has 4 N–H and O–H groups in total. The summed E-state index contributed by atoms with van der Waals surface area (Å²) in [4.78, 5) is 35.9. The second kappa shape index (κ2) is 13.3. The average molecular weight is 559 g/mol. The normalized spacial score (nSPS) is 33.5. The molecule has 2 aliphatic heterocycles. The maximum absolute atomic E-state index is 12.3. The molecule has 0 unspecified atom stereocenters.